The Labute approximate surface area is 153 Å². The largest absolute Gasteiger partial charge is 0.435 e. The lowest BCUT2D eigenvalue weighted by molar-refractivity contribution is -0.136. The molecule has 0 saturated heterocycles. The lowest BCUT2D eigenvalue weighted by Crippen LogP contribution is -2.19. The van der Waals surface area contributed by atoms with Crippen molar-refractivity contribution < 1.29 is 26.7 Å². The summed E-state index contributed by atoms with van der Waals surface area (Å²) in [7, 11) is 1.36. The Balaban J connectivity index is 2.34. The van der Waals surface area contributed by atoms with E-state index in [9.17, 15) is 26.7 Å². The minimum absolute atomic E-state index is 0.103. The van der Waals surface area contributed by atoms with Crippen LogP contribution in [0.3, 0.4) is 0 Å². The first-order chi connectivity index (χ1) is 12.6. The number of ether oxygens (including phenoxy) is 1. The lowest BCUT2D eigenvalue weighted by atomic mass is 10.1. The van der Waals surface area contributed by atoms with Gasteiger partial charge in [-0.05, 0) is 30.4 Å². The summed E-state index contributed by atoms with van der Waals surface area (Å²) < 4.78 is 70.7. The van der Waals surface area contributed by atoms with E-state index >= 15 is 0 Å². The monoisotopic (exact) mass is 403 g/mol. The molecule has 0 aliphatic rings. The van der Waals surface area contributed by atoms with Crippen LogP contribution in [0.1, 0.15) is 5.56 Å². The molecule has 0 bridgehead atoms. The maximum absolute atomic E-state index is 13.5. The van der Waals surface area contributed by atoms with Crippen molar-refractivity contribution in [3.05, 3.63) is 51.0 Å². The first-order valence-corrected chi connectivity index (χ1v) is 7.75. The SMILES string of the molecule is Cn1c(=S)[nH]c(=O)c2c(C(F)(F)F)cc(-c3cccc(OC(F)F)c3)nc21. The van der Waals surface area contributed by atoms with Crippen molar-refractivity contribution in [1.29, 1.82) is 0 Å². The number of rotatable bonds is 3. The first kappa shape index (κ1) is 19.0. The predicted octanol–water partition coefficient (Wildman–Crippen LogP) is 4.28. The highest BCUT2D eigenvalue weighted by molar-refractivity contribution is 7.71. The summed E-state index contributed by atoms with van der Waals surface area (Å²) in [5.41, 5.74) is -2.59. The zero-order valence-corrected chi connectivity index (χ0v) is 14.3. The van der Waals surface area contributed by atoms with Crippen molar-refractivity contribution >= 4 is 23.3 Å². The van der Waals surface area contributed by atoms with E-state index in [1.54, 1.807) is 0 Å². The van der Waals surface area contributed by atoms with Gasteiger partial charge in [-0.2, -0.15) is 22.0 Å². The lowest BCUT2D eigenvalue weighted by Gasteiger charge is -2.14. The van der Waals surface area contributed by atoms with E-state index in [4.69, 9.17) is 12.2 Å². The summed E-state index contributed by atoms with van der Waals surface area (Å²) >= 11 is 4.92. The normalized spacial score (nSPS) is 12.0. The van der Waals surface area contributed by atoms with Crippen molar-refractivity contribution in [1.82, 2.24) is 14.5 Å². The van der Waals surface area contributed by atoms with Crippen molar-refractivity contribution in [2.75, 3.05) is 0 Å². The van der Waals surface area contributed by atoms with Gasteiger partial charge in [-0.25, -0.2) is 4.98 Å². The van der Waals surface area contributed by atoms with Gasteiger partial charge in [0.2, 0.25) is 0 Å². The fourth-order valence-electron chi connectivity index (χ4n) is 2.54. The molecular formula is C16H10F5N3O2S. The van der Waals surface area contributed by atoms with Crippen molar-refractivity contribution in [3.63, 3.8) is 0 Å². The Bertz CT molecular complexity index is 1140. The average Bonchev–Trinajstić information content (AvgIpc) is 2.57. The molecule has 1 N–H and O–H groups in total. The number of aromatic nitrogens is 3. The van der Waals surface area contributed by atoms with E-state index in [-0.39, 0.29) is 27.4 Å². The molecule has 0 aliphatic heterocycles. The molecule has 0 saturated carbocycles. The van der Waals surface area contributed by atoms with Crippen molar-refractivity contribution in [2.24, 2.45) is 7.05 Å². The number of alkyl halides is 5. The van der Waals surface area contributed by atoms with Crippen LogP contribution >= 0.6 is 12.2 Å². The summed E-state index contributed by atoms with van der Waals surface area (Å²) in [6.45, 7) is -3.09. The van der Waals surface area contributed by atoms with Crippen LogP contribution in [0.2, 0.25) is 0 Å². The topological polar surface area (TPSA) is 59.9 Å². The highest BCUT2D eigenvalue weighted by Gasteiger charge is 2.35. The van der Waals surface area contributed by atoms with Gasteiger partial charge in [-0.3, -0.25) is 9.78 Å². The zero-order chi connectivity index (χ0) is 19.9. The maximum atomic E-state index is 13.5. The number of pyridine rings is 1. The Hall–Kier alpha value is -2.82. The van der Waals surface area contributed by atoms with Gasteiger partial charge in [-0.15, -0.1) is 0 Å². The van der Waals surface area contributed by atoms with Crippen LogP contribution in [0.4, 0.5) is 22.0 Å². The number of fused-ring (bicyclic) bond motifs is 1. The van der Waals surface area contributed by atoms with E-state index in [2.05, 4.69) is 14.7 Å². The number of benzene rings is 1. The molecule has 3 rings (SSSR count). The number of aromatic amines is 1. The molecule has 0 fully saturated rings. The zero-order valence-electron chi connectivity index (χ0n) is 13.5. The van der Waals surface area contributed by atoms with Gasteiger partial charge in [-0.1, -0.05) is 12.1 Å². The standard InChI is InChI=1S/C16H10F5N3O2S/c1-24-12-11(13(25)23-15(24)27)9(16(19,20)21)6-10(22-12)7-3-2-4-8(5-7)26-14(17)18/h2-6,14H,1H3,(H,23,25,27). The van der Waals surface area contributed by atoms with Crippen LogP contribution < -0.4 is 10.3 Å². The number of aryl methyl sites for hydroxylation is 1. The Morgan fingerprint density at radius 1 is 1.26 bits per heavy atom. The molecule has 142 valence electrons. The summed E-state index contributed by atoms with van der Waals surface area (Å²) in [6, 6.07) is 5.76. The van der Waals surface area contributed by atoms with Crippen LogP contribution in [0.5, 0.6) is 5.75 Å². The smallest absolute Gasteiger partial charge is 0.417 e. The van der Waals surface area contributed by atoms with E-state index in [1.165, 1.54) is 25.2 Å². The number of nitrogens with one attached hydrogen (secondary N) is 1. The minimum Gasteiger partial charge on any atom is -0.435 e. The molecule has 2 aromatic heterocycles. The number of hydrogen-bond donors (Lipinski definition) is 1. The van der Waals surface area contributed by atoms with Crippen LogP contribution in [-0.2, 0) is 13.2 Å². The van der Waals surface area contributed by atoms with Crippen LogP contribution in [0.25, 0.3) is 22.3 Å². The van der Waals surface area contributed by atoms with Gasteiger partial charge in [0.15, 0.2) is 4.77 Å². The highest BCUT2D eigenvalue weighted by atomic mass is 32.1. The number of halogens is 5. The van der Waals surface area contributed by atoms with E-state index in [0.717, 1.165) is 10.6 Å². The molecule has 11 heteroatoms. The van der Waals surface area contributed by atoms with Crippen LogP contribution in [0, 0.1) is 4.77 Å². The van der Waals surface area contributed by atoms with Crippen LogP contribution in [0.15, 0.2) is 35.1 Å². The van der Waals surface area contributed by atoms with Gasteiger partial charge in [0.25, 0.3) is 5.56 Å². The third-order valence-electron chi connectivity index (χ3n) is 3.73. The highest BCUT2D eigenvalue weighted by Crippen LogP contribution is 2.36. The fourth-order valence-corrected chi connectivity index (χ4v) is 2.72. The second-order valence-electron chi connectivity index (χ2n) is 5.48. The summed E-state index contributed by atoms with van der Waals surface area (Å²) in [4.78, 5) is 18.3. The molecule has 0 radical (unpaired) electrons. The van der Waals surface area contributed by atoms with E-state index < -0.39 is 29.3 Å². The minimum atomic E-state index is -4.85. The number of H-pyrrole nitrogens is 1. The molecule has 0 aliphatic carbocycles. The predicted molar refractivity (Wildman–Crippen MR) is 89.2 cm³/mol. The molecule has 0 atom stereocenters. The maximum Gasteiger partial charge on any atom is 0.417 e. The summed E-state index contributed by atoms with van der Waals surface area (Å²) in [6.07, 6.45) is -4.85. The van der Waals surface area contributed by atoms with Gasteiger partial charge < -0.3 is 9.30 Å². The van der Waals surface area contributed by atoms with Crippen LogP contribution in [-0.4, -0.2) is 21.1 Å². The molecular weight excluding hydrogens is 393 g/mol. The first-order valence-electron chi connectivity index (χ1n) is 7.34. The Kier molecular flexibility index (Phi) is 4.72. The van der Waals surface area contributed by atoms with E-state index in [0.29, 0.717) is 6.07 Å². The third-order valence-corrected chi connectivity index (χ3v) is 4.11. The summed E-state index contributed by atoms with van der Waals surface area (Å²) in [5, 5.41) is -0.665. The summed E-state index contributed by atoms with van der Waals surface area (Å²) in [5.74, 6) is -0.239. The Morgan fingerprint density at radius 3 is 2.59 bits per heavy atom. The molecule has 1 aromatic carbocycles. The van der Waals surface area contributed by atoms with Gasteiger partial charge in [0, 0.05) is 12.6 Å². The molecule has 0 unspecified atom stereocenters. The quantitative estimate of drug-likeness (QED) is 0.524. The van der Waals surface area contributed by atoms with Gasteiger partial charge >= 0.3 is 12.8 Å². The third kappa shape index (κ3) is 3.68. The molecule has 5 nitrogen and oxygen atoms in total. The second-order valence-corrected chi connectivity index (χ2v) is 5.86. The van der Waals surface area contributed by atoms with Crippen molar-refractivity contribution in [3.8, 4) is 17.0 Å². The fraction of sp³-hybridized carbons (Fsp3) is 0.188. The van der Waals surface area contributed by atoms with Crippen molar-refractivity contribution in [2.45, 2.75) is 12.8 Å². The van der Waals surface area contributed by atoms with E-state index in [1.807, 2.05) is 0 Å². The number of hydrogen-bond acceptors (Lipinski definition) is 4. The average molecular weight is 403 g/mol. The Morgan fingerprint density at radius 2 is 1.96 bits per heavy atom. The molecule has 2 heterocycles. The number of nitrogens with zero attached hydrogens (tertiary/aromatic N) is 2. The molecule has 27 heavy (non-hydrogen) atoms. The molecule has 0 spiro atoms. The van der Waals surface area contributed by atoms with Gasteiger partial charge in [0.1, 0.15) is 11.4 Å². The molecule has 3 aromatic rings. The second kappa shape index (κ2) is 6.72. The molecule has 0 amide bonds. The van der Waals surface area contributed by atoms with Gasteiger partial charge in [0.05, 0.1) is 16.6 Å².